The predicted molar refractivity (Wildman–Crippen MR) is 98.1 cm³/mol. The third-order valence-electron chi connectivity index (χ3n) is 4.48. The van der Waals surface area contributed by atoms with Crippen LogP contribution < -0.4 is 9.62 Å². The van der Waals surface area contributed by atoms with Crippen molar-refractivity contribution in [1.29, 1.82) is 0 Å². The molecule has 0 unspecified atom stereocenters. The quantitative estimate of drug-likeness (QED) is 0.863. The van der Waals surface area contributed by atoms with Crippen molar-refractivity contribution in [3.05, 3.63) is 60.2 Å². The van der Waals surface area contributed by atoms with Crippen LogP contribution in [-0.4, -0.2) is 27.4 Å². The lowest BCUT2D eigenvalue weighted by Crippen LogP contribution is -2.28. The predicted octanol–water partition coefficient (Wildman–Crippen LogP) is 2.90. The van der Waals surface area contributed by atoms with Gasteiger partial charge in [0.05, 0.1) is 4.90 Å². The van der Waals surface area contributed by atoms with Crippen LogP contribution in [0.5, 0.6) is 0 Å². The van der Waals surface area contributed by atoms with Crippen molar-refractivity contribution in [2.45, 2.75) is 30.6 Å². The summed E-state index contributed by atoms with van der Waals surface area (Å²) in [6.45, 7) is 3.01. The minimum Gasteiger partial charge on any atom is -0.312 e. The van der Waals surface area contributed by atoms with E-state index in [0.717, 1.165) is 17.7 Å². The van der Waals surface area contributed by atoms with E-state index < -0.39 is 10.0 Å². The Balaban J connectivity index is 1.66. The van der Waals surface area contributed by atoms with E-state index in [0.29, 0.717) is 19.5 Å². The molecule has 1 fully saturated rings. The van der Waals surface area contributed by atoms with Crippen molar-refractivity contribution >= 4 is 21.6 Å². The number of amides is 1. The number of hydrogen-bond acceptors (Lipinski definition) is 3. The fourth-order valence-electron chi connectivity index (χ4n) is 2.94. The molecule has 1 aliphatic rings. The van der Waals surface area contributed by atoms with Crippen LogP contribution in [0.4, 0.5) is 5.69 Å². The lowest BCUT2D eigenvalue weighted by Gasteiger charge is -2.16. The van der Waals surface area contributed by atoms with Gasteiger partial charge in [0.2, 0.25) is 15.9 Å². The fourth-order valence-corrected chi connectivity index (χ4v) is 4.07. The standard InChI is InChI=1S/C19H22N2O3S/c1-15(16-6-3-2-4-7-16)14-20-25(23,24)18-11-9-17(10-12-18)21-13-5-8-19(21)22/h2-4,6-7,9-12,15,20H,5,8,13-14H2,1H3/t15-/m1/s1. The van der Waals surface area contributed by atoms with Crippen LogP contribution in [0.1, 0.15) is 31.2 Å². The highest BCUT2D eigenvalue weighted by Gasteiger charge is 2.22. The number of sulfonamides is 1. The van der Waals surface area contributed by atoms with Crippen molar-refractivity contribution in [2.24, 2.45) is 0 Å². The zero-order valence-electron chi connectivity index (χ0n) is 14.2. The molecule has 1 saturated heterocycles. The van der Waals surface area contributed by atoms with Gasteiger partial charge in [0.1, 0.15) is 0 Å². The number of hydrogen-bond donors (Lipinski definition) is 1. The van der Waals surface area contributed by atoms with Crippen molar-refractivity contribution in [3.63, 3.8) is 0 Å². The largest absolute Gasteiger partial charge is 0.312 e. The van der Waals surface area contributed by atoms with Gasteiger partial charge in [-0.3, -0.25) is 4.79 Å². The molecule has 3 rings (SSSR count). The Morgan fingerprint density at radius 1 is 1.08 bits per heavy atom. The minimum absolute atomic E-state index is 0.0810. The fraction of sp³-hybridized carbons (Fsp3) is 0.316. The van der Waals surface area contributed by atoms with Crippen LogP contribution in [0.15, 0.2) is 59.5 Å². The van der Waals surface area contributed by atoms with Crippen LogP contribution in [0.3, 0.4) is 0 Å². The van der Waals surface area contributed by atoms with Crippen molar-refractivity contribution in [1.82, 2.24) is 4.72 Å². The van der Waals surface area contributed by atoms with Gasteiger partial charge >= 0.3 is 0 Å². The highest BCUT2D eigenvalue weighted by molar-refractivity contribution is 7.89. The Morgan fingerprint density at radius 2 is 1.76 bits per heavy atom. The van der Waals surface area contributed by atoms with E-state index in [2.05, 4.69) is 4.72 Å². The molecule has 2 aromatic rings. The Kier molecular flexibility index (Phi) is 5.20. The SMILES string of the molecule is C[C@H](CNS(=O)(=O)c1ccc(N2CCCC2=O)cc1)c1ccccc1. The minimum atomic E-state index is -3.57. The number of anilines is 1. The number of carbonyl (C=O) groups excluding carboxylic acids is 1. The van der Waals surface area contributed by atoms with E-state index in [-0.39, 0.29) is 16.7 Å². The van der Waals surface area contributed by atoms with Gasteiger partial charge < -0.3 is 4.90 Å². The summed E-state index contributed by atoms with van der Waals surface area (Å²) in [5, 5.41) is 0. The number of rotatable bonds is 6. The second-order valence-electron chi connectivity index (χ2n) is 6.31. The Bertz CT molecular complexity index is 833. The molecule has 1 aliphatic heterocycles. The van der Waals surface area contributed by atoms with Crippen LogP contribution in [0.2, 0.25) is 0 Å². The first-order chi connectivity index (χ1) is 12.0. The molecule has 0 radical (unpaired) electrons. The average molecular weight is 358 g/mol. The van der Waals surface area contributed by atoms with Crippen molar-refractivity contribution in [3.8, 4) is 0 Å². The van der Waals surface area contributed by atoms with Crippen LogP contribution in [0.25, 0.3) is 0 Å². The van der Waals surface area contributed by atoms with E-state index in [9.17, 15) is 13.2 Å². The van der Waals surface area contributed by atoms with Crippen molar-refractivity contribution < 1.29 is 13.2 Å². The van der Waals surface area contributed by atoms with Gasteiger partial charge in [-0.1, -0.05) is 37.3 Å². The molecule has 1 atom stereocenters. The van der Waals surface area contributed by atoms with Gasteiger partial charge in [-0.2, -0.15) is 0 Å². The summed E-state index contributed by atoms with van der Waals surface area (Å²) in [6, 6.07) is 16.3. The summed E-state index contributed by atoms with van der Waals surface area (Å²) >= 11 is 0. The molecule has 5 nitrogen and oxygen atoms in total. The first kappa shape index (κ1) is 17.6. The van der Waals surface area contributed by atoms with E-state index in [1.807, 2.05) is 37.3 Å². The lowest BCUT2D eigenvalue weighted by atomic mass is 10.0. The number of benzene rings is 2. The smallest absolute Gasteiger partial charge is 0.240 e. The molecule has 6 heteroatoms. The molecule has 0 spiro atoms. The third-order valence-corrected chi connectivity index (χ3v) is 5.92. The Hall–Kier alpha value is -2.18. The molecule has 0 bridgehead atoms. The third kappa shape index (κ3) is 4.08. The molecular formula is C19H22N2O3S. The maximum atomic E-state index is 12.5. The molecular weight excluding hydrogens is 336 g/mol. The Labute approximate surface area is 148 Å². The number of nitrogens with zero attached hydrogens (tertiary/aromatic N) is 1. The summed E-state index contributed by atoms with van der Waals surface area (Å²) in [5.74, 6) is 0.169. The topological polar surface area (TPSA) is 66.5 Å². The molecule has 132 valence electrons. The summed E-state index contributed by atoms with van der Waals surface area (Å²) < 4.78 is 27.6. The second-order valence-corrected chi connectivity index (χ2v) is 8.07. The molecule has 0 saturated carbocycles. The second kappa shape index (κ2) is 7.37. The maximum absolute atomic E-state index is 12.5. The highest BCUT2D eigenvalue weighted by atomic mass is 32.2. The summed E-state index contributed by atoms with van der Waals surface area (Å²) in [6.07, 6.45) is 1.40. The normalized spacial score (nSPS) is 16.2. The van der Waals surface area contributed by atoms with E-state index in [1.165, 1.54) is 0 Å². The van der Waals surface area contributed by atoms with Gasteiger partial charge in [0.15, 0.2) is 0 Å². The molecule has 0 aliphatic carbocycles. The van der Waals surface area contributed by atoms with Gasteiger partial charge in [-0.25, -0.2) is 13.1 Å². The Morgan fingerprint density at radius 3 is 2.36 bits per heavy atom. The van der Waals surface area contributed by atoms with Gasteiger partial charge in [-0.15, -0.1) is 0 Å². The number of carbonyl (C=O) groups is 1. The maximum Gasteiger partial charge on any atom is 0.240 e. The first-order valence-corrected chi connectivity index (χ1v) is 9.91. The summed E-state index contributed by atoms with van der Waals surface area (Å²) in [4.78, 5) is 13.7. The molecule has 1 N–H and O–H groups in total. The number of nitrogens with one attached hydrogen (secondary N) is 1. The summed E-state index contributed by atoms with van der Waals surface area (Å²) in [5.41, 5.74) is 1.84. The summed E-state index contributed by atoms with van der Waals surface area (Å²) in [7, 11) is -3.57. The molecule has 25 heavy (non-hydrogen) atoms. The first-order valence-electron chi connectivity index (χ1n) is 8.42. The molecule has 1 heterocycles. The van der Waals surface area contributed by atoms with Gasteiger partial charge in [0, 0.05) is 25.2 Å². The van der Waals surface area contributed by atoms with E-state index >= 15 is 0 Å². The van der Waals surface area contributed by atoms with Gasteiger partial charge in [0.25, 0.3) is 0 Å². The van der Waals surface area contributed by atoms with Crippen molar-refractivity contribution in [2.75, 3.05) is 18.0 Å². The lowest BCUT2D eigenvalue weighted by molar-refractivity contribution is -0.117. The average Bonchev–Trinajstić information content (AvgIpc) is 3.06. The van der Waals surface area contributed by atoms with E-state index in [1.54, 1.807) is 29.2 Å². The zero-order valence-corrected chi connectivity index (χ0v) is 15.0. The molecule has 1 amide bonds. The van der Waals surface area contributed by atoms with Crippen LogP contribution in [0, 0.1) is 0 Å². The monoisotopic (exact) mass is 358 g/mol. The van der Waals surface area contributed by atoms with Gasteiger partial charge in [-0.05, 0) is 42.2 Å². The van der Waals surface area contributed by atoms with Crippen LogP contribution >= 0.6 is 0 Å². The molecule has 0 aromatic heterocycles. The highest BCUT2D eigenvalue weighted by Crippen LogP contribution is 2.23. The van der Waals surface area contributed by atoms with Crippen LogP contribution in [-0.2, 0) is 14.8 Å². The zero-order chi connectivity index (χ0) is 17.9. The molecule has 2 aromatic carbocycles. The van der Waals surface area contributed by atoms with E-state index in [4.69, 9.17) is 0 Å².